The number of rotatable bonds is 3. The Morgan fingerprint density at radius 1 is 1.00 bits per heavy atom. The zero-order chi connectivity index (χ0) is 20.5. The Morgan fingerprint density at radius 2 is 1.79 bits per heavy atom. The number of benzene rings is 3. The number of H-pyrrole nitrogens is 1. The van der Waals surface area contributed by atoms with E-state index in [1.165, 1.54) is 24.3 Å². The van der Waals surface area contributed by atoms with Crippen LogP contribution in [0.25, 0.3) is 22.0 Å². The fourth-order valence-electron chi connectivity index (χ4n) is 3.13. The number of aromatic amines is 1. The molecular weight excluding hydrogens is 376 g/mol. The molecule has 0 bridgehead atoms. The van der Waals surface area contributed by atoms with Crippen LogP contribution in [0.5, 0.6) is 0 Å². The molecule has 0 aliphatic heterocycles. The molecule has 0 atom stereocenters. The molecule has 0 saturated heterocycles. The van der Waals surface area contributed by atoms with E-state index in [-0.39, 0.29) is 11.4 Å². The zero-order valence-corrected chi connectivity index (χ0v) is 15.4. The summed E-state index contributed by atoms with van der Waals surface area (Å²) < 4.78 is 28.4. The van der Waals surface area contributed by atoms with Gasteiger partial charge in [0, 0.05) is 0 Å². The van der Waals surface area contributed by atoms with Crippen LogP contribution in [0.3, 0.4) is 0 Å². The normalized spacial score (nSPS) is 10.9. The number of carbonyl (C=O) groups excluding carboxylic acids is 1. The molecule has 0 aliphatic rings. The van der Waals surface area contributed by atoms with Gasteiger partial charge in [-0.3, -0.25) is 5.10 Å². The quantitative estimate of drug-likeness (QED) is 0.392. The van der Waals surface area contributed by atoms with Crippen molar-refractivity contribution in [3.8, 4) is 11.1 Å². The average Bonchev–Trinajstić information content (AvgIpc) is 3.07. The number of urea groups is 1. The second-order valence-electron chi connectivity index (χ2n) is 6.59. The van der Waals surface area contributed by atoms with Crippen LogP contribution >= 0.6 is 0 Å². The van der Waals surface area contributed by atoms with Gasteiger partial charge in [0.25, 0.3) is 0 Å². The van der Waals surface area contributed by atoms with Gasteiger partial charge in [0.05, 0.1) is 22.3 Å². The lowest BCUT2D eigenvalue weighted by molar-refractivity contribution is 0.262. The largest absolute Gasteiger partial charge is 0.382 e. The van der Waals surface area contributed by atoms with E-state index in [2.05, 4.69) is 20.8 Å². The SMILES string of the molecule is Cc1ccc(F)c(NC(=O)Nc2ccc(-c3cccc4[nH]nc(N)c34)cc2F)c1. The van der Waals surface area contributed by atoms with Gasteiger partial charge in [0.1, 0.15) is 11.6 Å². The summed E-state index contributed by atoms with van der Waals surface area (Å²) in [5.41, 5.74) is 8.71. The van der Waals surface area contributed by atoms with Gasteiger partial charge >= 0.3 is 6.03 Å². The van der Waals surface area contributed by atoms with E-state index >= 15 is 0 Å². The third-order valence-electron chi connectivity index (χ3n) is 4.52. The number of hydrogen-bond acceptors (Lipinski definition) is 3. The number of nitrogens with two attached hydrogens (primary N) is 1. The van der Waals surface area contributed by atoms with Crippen molar-refractivity contribution in [1.82, 2.24) is 10.2 Å². The van der Waals surface area contributed by atoms with Crippen molar-refractivity contribution in [1.29, 1.82) is 0 Å². The van der Waals surface area contributed by atoms with E-state index in [0.29, 0.717) is 22.3 Å². The first-order chi connectivity index (χ1) is 13.9. The second-order valence-corrected chi connectivity index (χ2v) is 6.59. The van der Waals surface area contributed by atoms with Gasteiger partial charge in [0.15, 0.2) is 5.82 Å². The minimum atomic E-state index is -0.748. The van der Waals surface area contributed by atoms with Crippen LogP contribution in [0.2, 0.25) is 0 Å². The molecule has 0 fully saturated rings. The number of nitrogens with zero attached hydrogens (tertiary/aromatic N) is 1. The summed E-state index contributed by atoms with van der Waals surface area (Å²) >= 11 is 0. The van der Waals surface area contributed by atoms with Crippen molar-refractivity contribution in [3.05, 3.63) is 71.8 Å². The molecule has 4 rings (SSSR count). The summed E-state index contributed by atoms with van der Waals surface area (Å²) in [7, 11) is 0. The maximum absolute atomic E-state index is 14.6. The third kappa shape index (κ3) is 3.60. The molecule has 0 unspecified atom stereocenters. The lowest BCUT2D eigenvalue weighted by Gasteiger charge is -2.11. The Kier molecular flexibility index (Phi) is 4.59. The van der Waals surface area contributed by atoms with Crippen molar-refractivity contribution in [2.75, 3.05) is 16.4 Å². The zero-order valence-electron chi connectivity index (χ0n) is 15.4. The number of hydrogen-bond donors (Lipinski definition) is 4. The van der Waals surface area contributed by atoms with Gasteiger partial charge in [-0.1, -0.05) is 24.3 Å². The Morgan fingerprint density at radius 3 is 2.59 bits per heavy atom. The molecule has 4 aromatic rings. The molecule has 8 heteroatoms. The molecule has 1 aromatic heterocycles. The predicted molar refractivity (Wildman–Crippen MR) is 110 cm³/mol. The van der Waals surface area contributed by atoms with E-state index in [4.69, 9.17) is 5.73 Å². The van der Waals surface area contributed by atoms with E-state index in [9.17, 15) is 13.6 Å². The Hall–Kier alpha value is -3.94. The number of nitrogen functional groups attached to an aromatic ring is 1. The van der Waals surface area contributed by atoms with Crippen LogP contribution in [0.4, 0.5) is 30.8 Å². The number of aromatic nitrogens is 2. The van der Waals surface area contributed by atoms with Crippen LogP contribution in [-0.4, -0.2) is 16.2 Å². The molecule has 29 heavy (non-hydrogen) atoms. The first-order valence-corrected chi connectivity index (χ1v) is 8.79. The molecule has 0 radical (unpaired) electrons. The lowest BCUT2D eigenvalue weighted by atomic mass is 10.0. The fraction of sp³-hybridized carbons (Fsp3) is 0.0476. The summed E-state index contributed by atoms with van der Waals surface area (Å²) in [4.78, 5) is 12.2. The number of amides is 2. The van der Waals surface area contributed by atoms with E-state index in [1.54, 1.807) is 19.1 Å². The van der Waals surface area contributed by atoms with Crippen molar-refractivity contribution >= 4 is 34.1 Å². The smallest absolute Gasteiger partial charge is 0.323 e. The lowest BCUT2D eigenvalue weighted by Crippen LogP contribution is -2.20. The highest BCUT2D eigenvalue weighted by Gasteiger charge is 2.14. The molecule has 146 valence electrons. The highest BCUT2D eigenvalue weighted by Crippen LogP contribution is 2.32. The van der Waals surface area contributed by atoms with Crippen molar-refractivity contribution < 1.29 is 13.6 Å². The summed E-state index contributed by atoms with van der Waals surface area (Å²) in [6.45, 7) is 1.77. The van der Waals surface area contributed by atoms with Gasteiger partial charge in [-0.05, 0) is 53.9 Å². The van der Waals surface area contributed by atoms with Crippen LogP contribution in [-0.2, 0) is 0 Å². The highest BCUT2D eigenvalue weighted by atomic mass is 19.1. The maximum atomic E-state index is 14.6. The van der Waals surface area contributed by atoms with Crippen LogP contribution in [0, 0.1) is 18.6 Å². The first-order valence-electron chi connectivity index (χ1n) is 8.79. The fourth-order valence-corrected chi connectivity index (χ4v) is 3.13. The van der Waals surface area contributed by atoms with Gasteiger partial charge < -0.3 is 16.4 Å². The maximum Gasteiger partial charge on any atom is 0.323 e. The Bertz CT molecular complexity index is 1240. The summed E-state index contributed by atoms with van der Waals surface area (Å²) in [6, 6.07) is 13.4. The van der Waals surface area contributed by atoms with E-state index in [1.807, 2.05) is 18.2 Å². The van der Waals surface area contributed by atoms with Gasteiger partial charge in [-0.2, -0.15) is 5.10 Å². The Labute approximate surface area is 164 Å². The topological polar surface area (TPSA) is 95.8 Å². The number of nitrogens with one attached hydrogen (secondary N) is 3. The summed E-state index contributed by atoms with van der Waals surface area (Å²) in [5.74, 6) is -0.897. The molecule has 2 amide bonds. The number of fused-ring (bicyclic) bond motifs is 1. The van der Waals surface area contributed by atoms with Crippen molar-refractivity contribution in [3.63, 3.8) is 0 Å². The molecule has 3 aromatic carbocycles. The molecule has 0 saturated carbocycles. The number of aryl methyl sites for hydroxylation is 1. The minimum Gasteiger partial charge on any atom is -0.382 e. The number of carbonyl (C=O) groups is 1. The van der Waals surface area contributed by atoms with Crippen molar-refractivity contribution in [2.24, 2.45) is 0 Å². The molecule has 6 nitrogen and oxygen atoms in total. The van der Waals surface area contributed by atoms with Gasteiger partial charge in [0.2, 0.25) is 0 Å². The number of anilines is 3. The minimum absolute atomic E-state index is 0.0154. The first kappa shape index (κ1) is 18.4. The predicted octanol–water partition coefficient (Wildman–Crippen LogP) is 5.04. The van der Waals surface area contributed by atoms with Gasteiger partial charge in [-0.15, -0.1) is 0 Å². The summed E-state index contributed by atoms with van der Waals surface area (Å²) in [5, 5.41) is 12.3. The molecular formula is C21H17F2N5O. The highest BCUT2D eigenvalue weighted by molar-refractivity contribution is 6.02. The second kappa shape index (κ2) is 7.23. The van der Waals surface area contributed by atoms with E-state index in [0.717, 1.165) is 11.1 Å². The third-order valence-corrected chi connectivity index (χ3v) is 4.52. The van der Waals surface area contributed by atoms with Crippen LogP contribution in [0.1, 0.15) is 5.56 Å². The van der Waals surface area contributed by atoms with E-state index < -0.39 is 17.7 Å². The summed E-state index contributed by atoms with van der Waals surface area (Å²) in [6.07, 6.45) is 0. The van der Waals surface area contributed by atoms with Crippen LogP contribution < -0.4 is 16.4 Å². The Balaban J connectivity index is 1.58. The molecule has 0 aliphatic carbocycles. The molecule has 5 N–H and O–H groups in total. The van der Waals surface area contributed by atoms with Crippen molar-refractivity contribution in [2.45, 2.75) is 6.92 Å². The average molecular weight is 393 g/mol. The molecule has 1 heterocycles. The van der Waals surface area contributed by atoms with Gasteiger partial charge in [-0.25, -0.2) is 13.6 Å². The number of halogens is 2. The standard InChI is InChI=1S/C21H17F2N5O/c1-11-5-7-14(22)18(9-11)26-21(29)25-16-8-6-12(10-15(16)23)13-3-2-4-17-19(13)20(24)28-27-17/h2-10H,1H3,(H3,24,27,28)(H2,25,26,29). The monoisotopic (exact) mass is 393 g/mol. The van der Waals surface area contributed by atoms with Crippen LogP contribution in [0.15, 0.2) is 54.6 Å². The molecule has 0 spiro atoms.